The Labute approximate surface area is 151 Å². The molecule has 0 spiro atoms. The minimum Gasteiger partial charge on any atom is -0.385 e. The molecule has 0 radical (unpaired) electrons. The van der Waals surface area contributed by atoms with Crippen LogP contribution in [-0.4, -0.2) is 5.11 Å². The molecular weight excluding hydrogens is 304 g/mol. The summed E-state index contributed by atoms with van der Waals surface area (Å²) < 4.78 is 0. The van der Waals surface area contributed by atoms with Crippen LogP contribution < -0.4 is 0 Å². The molecule has 1 N–H and O–H groups in total. The van der Waals surface area contributed by atoms with Gasteiger partial charge in [0.05, 0.1) is 5.60 Å². The maximum absolute atomic E-state index is 11.1. The third-order valence-corrected chi connectivity index (χ3v) is 5.21. The zero-order valence-corrected chi connectivity index (χ0v) is 15.1. The van der Waals surface area contributed by atoms with Crippen molar-refractivity contribution in [3.8, 4) is 11.1 Å². The van der Waals surface area contributed by atoms with E-state index >= 15 is 0 Å². The number of benzene rings is 2. The van der Waals surface area contributed by atoms with Gasteiger partial charge in [-0.25, -0.2) is 0 Å². The van der Waals surface area contributed by atoms with Gasteiger partial charge in [0.2, 0.25) is 0 Å². The van der Waals surface area contributed by atoms with E-state index < -0.39 is 5.60 Å². The van der Waals surface area contributed by atoms with E-state index in [9.17, 15) is 5.11 Å². The largest absolute Gasteiger partial charge is 0.385 e. The highest BCUT2D eigenvalue weighted by molar-refractivity contribution is 5.64. The number of allylic oxidation sites excluding steroid dienone is 2. The van der Waals surface area contributed by atoms with Gasteiger partial charge in [-0.2, -0.15) is 0 Å². The fourth-order valence-corrected chi connectivity index (χ4v) is 3.54. The summed E-state index contributed by atoms with van der Waals surface area (Å²) in [6.45, 7) is 4.04. The quantitative estimate of drug-likeness (QED) is 0.692. The van der Waals surface area contributed by atoms with Gasteiger partial charge in [0.15, 0.2) is 0 Å². The van der Waals surface area contributed by atoms with E-state index in [1.54, 1.807) is 0 Å². The van der Waals surface area contributed by atoms with Crippen LogP contribution >= 0.6 is 0 Å². The molecule has 0 unspecified atom stereocenters. The van der Waals surface area contributed by atoms with Gasteiger partial charge in [-0.3, -0.25) is 0 Å². The Morgan fingerprint density at radius 3 is 2.04 bits per heavy atom. The number of hydrogen-bond acceptors (Lipinski definition) is 1. The van der Waals surface area contributed by atoms with E-state index in [4.69, 9.17) is 0 Å². The van der Waals surface area contributed by atoms with Crippen LogP contribution in [0.1, 0.15) is 43.7 Å². The highest BCUT2D eigenvalue weighted by atomic mass is 16.3. The molecule has 0 bridgehead atoms. The predicted molar refractivity (Wildman–Crippen MR) is 104 cm³/mol. The van der Waals surface area contributed by atoms with Crippen LogP contribution in [0.15, 0.2) is 72.1 Å². The standard InChI is InChI=1S/C24H26O/c1-3-4-5-6-20-15-17-24(25,18-16-20)23-13-11-22(12-14-23)21-9-7-19(2)8-10-21/h3,6-14,20,25H,15-18H2,1-2H3. The topological polar surface area (TPSA) is 20.2 Å². The molecule has 1 aliphatic rings. The Morgan fingerprint density at radius 1 is 0.920 bits per heavy atom. The Balaban J connectivity index is 1.72. The Bertz CT molecular complexity index is 790. The molecule has 0 aromatic heterocycles. The van der Waals surface area contributed by atoms with Crippen LogP contribution in [0.3, 0.4) is 0 Å². The van der Waals surface area contributed by atoms with Crippen molar-refractivity contribution in [3.63, 3.8) is 0 Å². The summed E-state index contributed by atoms with van der Waals surface area (Å²) in [4.78, 5) is 0. The molecule has 1 nitrogen and oxygen atoms in total. The molecule has 1 fully saturated rings. The Kier molecular flexibility index (Phi) is 5.41. The molecular formula is C24H26O. The van der Waals surface area contributed by atoms with Crippen LogP contribution in [0.2, 0.25) is 0 Å². The van der Waals surface area contributed by atoms with Crippen molar-refractivity contribution in [2.75, 3.05) is 0 Å². The first-order valence-electron chi connectivity index (χ1n) is 9.13. The lowest BCUT2D eigenvalue weighted by molar-refractivity contribution is -0.00883. The van der Waals surface area contributed by atoms with Crippen molar-refractivity contribution >= 4 is 0 Å². The van der Waals surface area contributed by atoms with Gasteiger partial charge in [0.1, 0.15) is 0 Å². The van der Waals surface area contributed by atoms with Crippen molar-refractivity contribution in [2.45, 2.75) is 45.1 Å². The molecule has 1 saturated carbocycles. The minimum atomic E-state index is -0.694. The second-order valence-corrected chi connectivity index (χ2v) is 7.06. The maximum Gasteiger partial charge on any atom is 0.0897 e. The summed E-state index contributed by atoms with van der Waals surface area (Å²) >= 11 is 0. The van der Waals surface area contributed by atoms with E-state index in [2.05, 4.69) is 73.0 Å². The monoisotopic (exact) mass is 330 g/mol. The Hall–Kier alpha value is -2.30. The first-order chi connectivity index (χ1) is 12.1. The van der Waals surface area contributed by atoms with Gasteiger partial charge >= 0.3 is 0 Å². The van der Waals surface area contributed by atoms with Crippen molar-refractivity contribution in [3.05, 3.63) is 83.3 Å². The lowest BCUT2D eigenvalue weighted by atomic mass is 9.75. The number of aliphatic hydroxyl groups is 1. The highest BCUT2D eigenvalue weighted by Crippen LogP contribution is 2.40. The molecule has 0 amide bonds. The summed E-state index contributed by atoms with van der Waals surface area (Å²) in [5.41, 5.74) is 10.1. The molecule has 128 valence electrons. The minimum absolute atomic E-state index is 0.500. The summed E-state index contributed by atoms with van der Waals surface area (Å²) in [6.07, 6.45) is 7.56. The van der Waals surface area contributed by atoms with E-state index in [1.165, 1.54) is 16.7 Å². The van der Waals surface area contributed by atoms with Crippen LogP contribution in [0.25, 0.3) is 11.1 Å². The van der Waals surface area contributed by atoms with Crippen LogP contribution in [0.4, 0.5) is 0 Å². The van der Waals surface area contributed by atoms with E-state index in [1.807, 2.05) is 13.0 Å². The van der Waals surface area contributed by atoms with Gasteiger partial charge in [-0.15, -0.1) is 0 Å². The van der Waals surface area contributed by atoms with Crippen LogP contribution in [0.5, 0.6) is 0 Å². The van der Waals surface area contributed by atoms with Crippen LogP contribution in [0, 0.1) is 12.8 Å². The summed E-state index contributed by atoms with van der Waals surface area (Å²) in [6, 6.07) is 17.0. The van der Waals surface area contributed by atoms with E-state index in [-0.39, 0.29) is 0 Å². The van der Waals surface area contributed by atoms with Gasteiger partial charge in [0, 0.05) is 0 Å². The second-order valence-electron chi connectivity index (χ2n) is 7.06. The van der Waals surface area contributed by atoms with Crippen molar-refractivity contribution < 1.29 is 5.11 Å². The molecule has 2 aromatic carbocycles. The van der Waals surface area contributed by atoms with Gasteiger partial charge in [-0.05, 0) is 74.3 Å². The normalized spacial score (nSPS) is 22.6. The average molecular weight is 330 g/mol. The maximum atomic E-state index is 11.1. The van der Waals surface area contributed by atoms with Crippen LogP contribution in [-0.2, 0) is 5.60 Å². The van der Waals surface area contributed by atoms with Crippen molar-refractivity contribution in [1.82, 2.24) is 0 Å². The molecule has 1 heteroatoms. The second kappa shape index (κ2) is 7.72. The molecule has 0 aliphatic heterocycles. The smallest absolute Gasteiger partial charge is 0.0897 e. The lowest BCUT2D eigenvalue weighted by Crippen LogP contribution is -2.31. The highest BCUT2D eigenvalue weighted by Gasteiger charge is 2.33. The number of aryl methyl sites for hydroxylation is 1. The third kappa shape index (κ3) is 4.21. The zero-order chi connectivity index (χ0) is 17.7. The van der Waals surface area contributed by atoms with Gasteiger partial charge in [-0.1, -0.05) is 65.6 Å². The molecule has 0 atom stereocenters. The summed E-state index contributed by atoms with van der Waals surface area (Å²) in [5.74, 6) is 0.500. The Morgan fingerprint density at radius 2 is 1.48 bits per heavy atom. The average Bonchev–Trinajstić information content (AvgIpc) is 2.64. The molecule has 0 saturated heterocycles. The van der Waals surface area contributed by atoms with Gasteiger partial charge < -0.3 is 5.11 Å². The number of rotatable bonds is 3. The molecule has 2 aromatic rings. The number of hydrogen-bond donors (Lipinski definition) is 1. The molecule has 3 rings (SSSR count). The SMILES string of the molecule is CC=C=C=CC1CCC(O)(c2ccc(-c3ccc(C)cc3)cc2)CC1. The first kappa shape index (κ1) is 17.5. The van der Waals surface area contributed by atoms with Crippen molar-refractivity contribution in [2.24, 2.45) is 5.92 Å². The first-order valence-corrected chi connectivity index (χ1v) is 9.13. The summed E-state index contributed by atoms with van der Waals surface area (Å²) in [7, 11) is 0. The molecule has 0 heterocycles. The summed E-state index contributed by atoms with van der Waals surface area (Å²) in [5, 5.41) is 11.1. The fraction of sp³-hybridized carbons (Fsp3) is 0.333. The lowest BCUT2D eigenvalue weighted by Gasteiger charge is -2.35. The molecule has 1 aliphatic carbocycles. The third-order valence-electron chi connectivity index (χ3n) is 5.21. The van der Waals surface area contributed by atoms with E-state index in [0.29, 0.717) is 5.92 Å². The zero-order valence-electron chi connectivity index (χ0n) is 15.1. The fourth-order valence-electron chi connectivity index (χ4n) is 3.54. The molecule has 25 heavy (non-hydrogen) atoms. The van der Waals surface area contributed by atoms with Crippen molar-refractivity contribution in [1.29, 1.82) is 0 Å². The van der Waals surface area contributed by atoms with Gasteiger partial charge in [0.25, 0.3) is 0 Å². The predicted octanol–water partition coefficient (Wildman–Crippen LogP) is 5.93. The van der Waals surface area contributed by atoms with E-state index in [0.717, 1.165) is 31.2 Å².